The lowest BCUT2D eigenvalue weighted by molar-refractivity contribution is 0.0726. The Labute approximate surface area is 214 Å². The van der Waals surface area contributed by atoms with Gasteiger partial charge in [-0.25, -0.2) is 4.98 Å². The van der Waals surface area contributed by atoms with Crippen molar-refractivity contribution in [2.45, 2.75) is 39.3 Å². The molecule has 0 bridgehead atoms. The van der Waals surface area contributed by atoms with Crippen LogP contribution in [0.1, 0.15) is 53.9 Å². The Bertz CT molecular complexity index is 1140. The van der Waals surface area contributed by atoms with Crippen LogP contribution in [-0.4, -0.2) is 71.0 Å². The molecule has 0 saturated carbocycles. The van der Waals surface area contributed by atoms with Crippen molar-refractivity contribution in [2.75, 3.05) is 49.5 Å². The van der Waals surface area contributed by atoms with E-state index in [0.29, 0.717) is 24.7 Å². The van der Waals surface area contributed by atoms with E-state index in [1.165, 1.54) is 11.1 Å². The van der Waals surface area contributed by atoms with Gasteiger partial charge in [-0.3, -0.25) is 4.79 Å². The van der Waals surface area contributed by atoms with Crippen molar-refractivity contribution in [3.8, 4) is 0 Å². The van der Waals surface area contributed by atoms with Crippen molar-refractivity contribution in [3.05, 3.63) is 83.0 Å². The highest BCUT2D eigenvalue weighted by Crippen LogP contribution is 2.32. The van der Waals surface area contributed by atoms with Gasteiger partial charge < -0.3 is 20.0 Å². The third-order valence-electron chi connectivity index (χ3n) is 7.39. The number of benzene rings is 2. The van der Waals surface area contributed by atoms with E-state index >= 15 is 0 Å². The standard InChI is InChI=1S/C29H36N6O/c1-4-33-15-17-34(18-16-33)29-31-26-25(20-35(21(2)3)28(26)36)27(32-29)30-19-24(22-11-7-5-8-12-22)23-13-9-6-10-14-23/h5-14,21,24H,4,15-20H2,1-3H3,(H,30,31,32). The van der Waals surface area contributed by atoms with Crippen molar-refractivity contribution < 1.29 is 4.79 Å². The molecule has 0 atom stereocenters. The molecular formula is C29H36N6O. The van der Waals surface area contributed by atoms with Gasteiger partial charge in [-0.05, 0) is 31.5 Å². The lowest BCUT2D eigenvalue weighted by Gasteiger charge is -2.34. The molecule has 0 spiro atoms. The number of nitrogens with one attached hydrogen (secondary N) is 1. The summed E-state index contributed by atoms with van der Waals surface area (Å²) in [5, 5.41) is 3.65. The smallest absolute Gasteiger partial charge is 0.273 e. The first-order valence-corrected chi connectivity index (χ1v) is 13.1. The Morgan fingerprint density at radius 1 is 0.889 bits per heavy atom. The van der Waals surface area contributed by atoms with Crippen molar-refractivity contribution >= 4 is 17.7 Å². The van der Waals surface area contributed by atoms with Crippen LogP contribution in [0.3, 0.4) is 0 Å². The average Bonchev–Trinajstić information content (AvgIpc) is 3.27. The Morgan fingerprint density at radius 3 is 2.06 bits per heavy atom. The predicted molar refractivity (Wildman–Crippen MR) is 145 cm³/mol. The summed E-state index contributed by atoms with van der Waals surface area (Å²) in [6, 6.07) is 21.2. The summed E-state index contributed by atoms with van der Waals surface area (Å²) in [5.41, 5.74) is 3.95. The molecule has 36 heavy (non-hydrogen) atoms. The summed E-state index contributed by atoms with van der Waals surface area (Å²) in [5.74, 6) is 1.60. The number of aromatic nitrogens is 2. The molecule has 3 aromatic rings. The van der Waals surface area contributed by atoms with E-state index in [1.807, 2.05) is 17.0 Å². The fourth-order valence-corrected chi connectivity index (χ4v) is 5.14. The number of fused-ring (bicyclic) bond motifs is 1. The van der Waals surface area contributed by atoms with Gasteiger partial charge in [-0.15, -0.1) is 0 Å². The molecule has 2 aliphatic heterocycles. The zero-order chi connectivity index (χ0) is 25.1. The van der Waals surface area contributed by atoms with Gasteiger partial charge in [0.05, 0.1) is 6.54 Å². The van der Waals surface area contributed by atoms with Crippen LogP contribution in [0.2, 0.25) is 0 Å². The van der Waals surface area contributed by atoms with Gasteiger partial charge in [-0.2, -0.15) is 4.98 Å². The van der Waals surface area contributed by atoms with Crippen LogP contribution in [0.25, 0.3) is 0 Å². The second-order valence-corrected chi connectivity index (χ2v) is 9.90. The number of carbonyl (C=O) groups is 1. The number of piperazine rings is 1. The maximum atomic E-state index is 13.3. The van der Waals surface area contributed by atoms with Gasteiger partial charge in [0.1, 0.15) is 11.5 Å². The van der Waals surface area contributed by atoms with Crippen LogP contribution in [0.4, 0.5) is 11.8 Å². The van der Waals surface area contributed by atoms with E-state index in [1.54, 1.807) is 0 Å². The Hall–Kier alpha value is -3.45. The van der Waals surface area contributed by atoms with Crippen LogP contribution in [0.5, 0.6) is 0 Å². The molecule has 1 fully saturated rings. The zero-order valence-corrected chi connectivity index (χ0v) is 21.5. The molecule has 0 aliphatic carbocycles. The molecule has 7 nitrogen and oxygen atoms in total. The highest BCUT2D eigenvalue weighted by Gasteiger charge is 2.35. The molecule has 1 saturated heterocycles. The largest absolute Gasteiger partial charge is 0.369 e. The maximum Gasteiger partial charge on any atom is 0.273 e. The van der Waals surface area contributed by atoms with E-state index in [2.05, 4.69) is 84.4 Å². The van der Waals surface area contributed by atoms with E-state index in [9.17, 15) is 4.79 Å². The quantitative estimate of drug-likeness (QED) is 0.516. The number of amides is 1. The van der Waals surface area contributed by atoms with Crippen molar-refractivity contribution in [3.63, 3.8) is 0 Å². The fourth-order valence-electron chi connectivity index (χ4n) is 5.14. The number of anilines is 2. The average molecular weight is 485 g/mol. The number of rotatable bonds is 8. The van der Waals surface area contributed by atoms with Gasteiger partial charge in [0, 0.05) is 50.2 Å². The second kappa shape index (κ2) is 10.7. The van der Waals surface area contributed by atoms with Crippen molar-refractivity contribution in [2.24, 2.45) is 0 Å². The van der Waals surface area contributed by atoms with Gasteiger partial charge in [0.25, 0.3) is 5.91 Å². The SMILES string of the molecule is CCN1CCN(c2nc(NCC(c3ccccc3)c3ccccc3)c3c(n2)C(=O)N(C(C)C)C3)CC1. The summed E-state index contributed by atoms with van der Waals surface area (Å²) in [4.78, 5) is 29.6. The maximum absolute atomic E-state index is 13.3. The number of carbonyl (C=O) groups excluding carboxylic acids is 1. The number of likely N-dealkylation sites (N-methyl/N-ethyl adjacent to an activating group) is 1. The third kappa shape index (κ3) is 4.93. The lowest BCUT2D eigenvalue weighted by Crippen LogP contribution is -2.47. The van der Waals surface area contributed by atoms with Crippen molar-refractivity contribution in [1.82, 2.24) is 19.8 Å². The normalized spacial score (nSPS) is 16.2. The highest BCUT2D eigenvalue weighted by atomic mass is 16.2. The van der Waals surface area contributed by atoms with Crippen LogP contribution in [0.15, 0.2) is 60.7 Å². The Morgan fingerprint density at radius 2 is 1.50 bits per heavy atom. The number of hydrogen-bond donors (Lipinski definition) is 1. The van der Waals surface area contributed by atoms with Crippen LogP contribution in [-0.2, 0) is 6.54 Å². The first-order chi connectivity index (χ1) is 17.5. The predicted octanol–water partition coefficient (Wildman–Crippen LogP) is 4.23. The molecule has 0 unspecified atom stereocenters. The van der Waals surface area contributed by atoms with Crippen LogP contribution in [0, 0.1) is 0 Å². The lowest BCUT2D eigenvalue weighted by atomic mass is 9.91. The van der Waals surface area contributed by atoms with Crippen LogP contribution < -0.4 is 10.2 Å². The zero-order valence-electron chi connectivity index (χ0n) is 21.5. The molecule has 0 radical (unpaired) electrons. The summed E-state index contributed by atoms with van der Waals surface area (Å²) >= 11 is 0. The van der Waals surface area contributed by atoms with Gasteiger partial charge in [0.2, 0.25) is 5.95 Å². The molecule has 2 aromatic carbocycles. The molecule has 1 aromatic heterocycles. The first kappa shape index (κ1) is 24.3. The fraction of sp³-hybridized carbons (Fsp3) is 0.414. The molecule has 1 N–H and O–H groups in total. The Balaban J connectivity index is 1.47. The highest BCUT2D eigenvalue weighted by molar-refractivity contribution is 5.98. The number of hydrogen-bond acceptors (Lipinski definition) is 6. The van der Waals surface area contributed by atoms with Gasteiger partial charge in [0.15, 0.2) is 0 Å². The minimum absolute atomic E-state index is 0.00145. The Kier molecular flexibility index (Phi) is 7.18. The molecule has 5 rings (SSSR count). The molecule has 188 valence electrons. The van der Waals surface area contributed by atoms with Crippen molar-refractivity contribution in [1.29, 1.82) is 0 Å². The number of nitrogens with zero attached hydrogens (tertiary/aromatic N) is 5. The van der Waals surface area contributed by atoms with E-state index < -0.39 is 0 Å². The molecule has 2 aliphatic rings. The van der Waals surface area contributed by atoms with E-state index in [-0.39, 0.29) is 17.9 Å². The van der Waals surface area contributed by atoms with E-state index in [0.717, 1.165) is 44.1 Å². The molecule has 1 amide bonds. The van der Waals surface area contributed by atoms with Crippen LogP contribution >= 0.6 is 0 Å². The monoisotopic (exact) mass is 484 g/mol. The summed E-state index contributed by atoms with van der Waals surface area (Å²) in [7, 11) is 0. The minimum atomic E-state index is 0.00145. The minimum Gasteiger partial charge on any atom is -0.369 e. The third-order valence-corrected chi connectivity index (χ3v) is 7.39. The van der Waals surface area contributed by atoms with Gasteiger partial charge in [-0.1, -0.05) is 67.6 Å². The molecular weight excluding hydrogens is 448 g/mol. The second-order valence-electron chi connectivity index (χ2n) is 9.90. The van der Waals surface area contributed by atoms with E-state index in [4.69, 9.17) is 9.97 Å². The summed E-state index contributed by atoms with van der Waals surface area (Å²) < 4.78 is 0. The molecule has 3 heterocycles. The first-order valence-electron chi connectivity index (χ1n) is 13.1. The van der Waals surface area contributed by atoms with Gasteiger partial charge >= 0.3 is 0 Å². The molecule has 7 heteroatoms. The topological polar surface area (TPSA) is 64.6 Å². The summed E-state index contributed by atoms with van der Waals surface area (Å²) in [6.45, 7) is 12.3. The summed E-state index contributed by atoms with van der Waals surface area (Å²) in [6.07, 6.45) is 0.